The van der Waals surface area contributed by atoms with Gasteiger partial charge in [-0.2, -0.15) is 5.10 Å². The molecule has 29 heavy (non-hydrogen) atoms. The van der Waals surface area contributed by atoms with Gasteiger partial charge in [0.05, 0.1) is 18.8 Å². The minimum Gasteiger partial charge on any atom is -0.350 e. The monoisotopic (exact) mass is 390 g/mol. The molecule has 150 valence electrons. The summed E-state index contributed by atoms with van der Waals surface area (Å²) in [5, 5.41) is 10.1. The SMILES string of the molecule is Cc1ccccc1C(=O)NCC(=O)NCc1c(C)nn(Cc2ccccc2)c1C. The zero-order chi connectivity index (χ0) is 20.8. The Labute approximate surface area is 170 Å². The lowest BCUT2D eigenvalue weighted by molar-refractivity contribution is -0.120. The van der Waals surface area contributed by atoms with Crippen molar-refractivity contribution in [3.05, 3.63) is 88.2 Å². The number of hydrogen-bond donors (Lipinski definition) is 2. The van der Waals surface area contributed by atoms with Crippen LogP contribution in [-0.2, 0) is 17.9 Å². The highest BCUT2D eigenvalue weighted by Gasteiger charge is 2.14. The van der Waals surface area contributed by atoms with Gasteiger partial charge in [-0.15, -0.1) is 0 Å². The Morgan fingerprint density at radius 1 is 0.931 bits per heavy atom. The summed E-state index contributed by atoms with van der Waals surface area (Å²) >= 11 is 0. The fourth-order valence-electron chi connectivity index (χ4n) is 3.23. The van der Waals surface area contributed by atoms with Crippen molar-refractivity contribution in [1.82, 2.24) is 20.4 Å². The summed E-state index contributed by atoms with van der Waals surface area (Å²) in [6.45, 7) is 6.82. The molecular weight excluding hydrogens is 364 g/mol. The van der Waals surface area contributed by atoms with Crippen molar-refractivity contribution >= 4 is 11.8 Å². The molecule has 6 heteroatoms. The second kappa shape index (κ2) is 9.19. The molecule has 0 spiro atoms. The van der Waals surface area contributed by atoms with Gasteiger partial charge in [-0.25, -0.2) is 0 Å². The Kier molecular flexibility index (Phi) is 6.44. The zero-order valence-electron chi connectivity index (χ0n) is 17.0. The van der Waals surface area contributed by atoms with E-state index < -0.39 is 0 Å². The molecule has 6 nitrogen and oxygen atoms in total. The van der Waals surface area contributed by atoms with Crippen LogP contribution in [-0.4, -0.2) is 28.1 Å². The van der Waals surface area contributed by atoms with Crippen LogP contribution in [0.3, 0.4) is 0 Å². The van der Waals surface area contributed by atoms with Crippen LogP contribution in [0.4, 0.5) is 0 Å². The maximum atomic E-state index is 12.2. The first-order valence-electron chi connectivity index (χ1n) is 9.63. The molecule has 2 aromatic carbocycles. The van der Waals surface area contributed by atoms with E-state index in [0.717, 1.165) is 22.5 Å². The molecule has 0 aliphatic rings. The Hall–Kier alpha value is -3.41. The second-order valence-corrected chi connectivity index (χ2v) is 7.07. The topological polar surface area (TPSA) is 76.0 Å². The Morgan fingerprint density at radius 2 is 1.62 bits per heavy atom. The molecule has 3 aromatic rings. The number of aromatic nitrogens is 2. The number of rotatable bonds is 7. The number of benzene rings is 2. The van der Waals surface area contributed by atoms with Gasteiger partial charge < -0.3 is 10.6 Å². The molecule has 1 aromatic heterocycles. The van der Waals surface area contributed by atoms with Gasteiger partial charge in [-0.05, 0) is 38.0 Å². The maximum Gasteiger partial charge on any atom is 0.251 e. The third-order valence-corrected chi connectivity index (χ3v) is 4.97. The molecule has 0 saturated heterocycles. The molecule has 0 unspecified atom stereocenters. The van der Waals surface area contributed by atoms with Crippen LogP contribution >= 0.6 is 0 Å². The molecule has 1 heterocycles. The average molecular weight is 390 g/mol. The van der Waals surface area contributed by atoms with Crippen molar-refractivity contribution < 1.29 is 9.59 Å². The van der Waals surface area contributed by atoms with Crippen molar-refractivity contribution in [2.75, 3.05) is 6.54 Å². The minimum atomic E-state index is -0.249. The summed E-state index contributed by atoms with van der Waals surface area (Å²) in [5.74, 6) is -0.483. The predicted molar refractivity (Wildman–Crippen MR) is 113 cm³/mol. The van der Waals surface area contributed by atoms with Gasteiger partial charge in [0, 0.05) is 23.4 Å². The normalized spacial score (nSPS) is 10.6. The quantitative estimate of drug-likeness (QED) is 0.651. The molecule has 2 amide bonds. The molecule has 3 rings (SSSR count). The van der Waals surface area contributed by atoms with Crippen LogP contribution in [0.1, 0.15) is 38.4 Å². The van der Waals surface area contributed by atoms with E-state index in [4.69, 9.17) is 0 Å². The summed E-state index contributed by atoms with van der Waals surface area (Å²) in [4.78, 5) is 24.4. The number of hydrogen-bond acceptors (Lipinski definition) is 3. The van der Waals surface area contributed by atoms with E-state index in [1.165, 1.54) is 5.56 Å². The molecule has 0 radical (unpaired) electrons. The van der Waals surface area contributed by atoms with Crippen molar-refractivity contribution in [3.63, 3.8) is 0 Å². The Bertz CT molecular complexity index is 1010. The number of amides is 2. The molecule has 0 fully saturated rings. The van der Waals surface area contributed by atoms with Crippen LogP contribution in [0.5, 0.6) is 0 Å². The lowest BCUT2D eigenvalue weighted by atomic mass is 10.1. The van der Waals surface area contributed by atoms with E-state index in [1.807, 2.05) is 55.8 Å². The smallest absolute Gasteiger partial charge is 0.251 e. The van der Waals surface area contributed by atoms with Crippen LogP contribution in [0, 0.1) is 20.8 Å². The van der Waals surface area contributed by atoms with Crippen LogP contribution in [0.2, 0.25) is 0 Å². The summed E-state index contributed by atoms with van der Waals surface area (Å²) in [6, 6.07) is 17.4. The standard InChI is InChI=1S/C23H26N4O2/c1-16-9-7-8-12-20(16)23(29)25-14-22(28)24-13-21-17(2)26-27(18(21)3)15-19-10-5-4-6-11-19/h4-12H,13-15H2,1-3H3,(H,24,28)(H,25,29). The second-order valence-electron chi connectivity index (χ2n) is 7.07. The van der Waals surface area contributed by atoms with E-state index in [9.17, 15) is 9.59 Å². The van der Waals surface area contributed by atoms with E-state index in [0.29, 0.717) is 18.7 Å². The summed E-state index contributed by atoms with van der Waals surface area (Å²) in [6.07, 6.45) is 0. The fourth-order valence-corrected chi connectivity index (χ4v) is 3.23. The van der Waals surface area contributed by atoms with Gasteiger partial charge in [0.15, 0.2) is 0 Å². The van der Waals surface area contributed by atoms with Gasteiger partial charge in [-0.3, -0.25) is 14.3 Å². The zero-order valence-corrected chi connectivity index (χ0v) is 17.0. The number of carbonyl (C=O) groups excluding carboxylic acids is 2. The molecular formula is C23H26N4O2. The Balaban J connectivity index is 1.55. The summed E-state index contributed by atoms with van der Waals surface area (Å²) in [7, 11) is 0. The first kappa shape index (κ1) is 20.3. The number of aryl methyl sites for hydroxylation is 2. The minimum absolute atomic E-state index is 0.0661. The van der Waals surface area contributed by atoms with Crippen molar-refractivity contribution in [2.24, 2.45) is 0 Å². The van der Waals surface area contributed by atoms with Crippen molar-refractivity contribution in [3.8, 4) is 0 Å². The number of nitrogens with zero attached hydrogens (tertiary/aromatic N) is 2. The largest absolute Gasteiger partial charge is 0.350 e. The van der Waals surface area contributed by atoms with E-state index in [1.54, 1.807) is 12.1 Å². The molecule has 0 atom stereocenters. The van der Waals surface area contributed by atoms with Gasteiger partial charge in [-0.1, -0.05) is 48.5 Å². The van der Waals surface area contributed by atoms with Crippen LogP contribution in [0.25, 0.3) is 0 Å². The van der Waals surface area contributed by atoms with E-state index in [-0.39, 0.29) is 18.4 Å². The third-order valence-electron chi connectivity index (χ3n) is 4.97. The molecule has 0 bridgehead atoms. The molecule has 0 saturated carbocycles. The first-order chi connectivity index (χ1) is 14.0. The Morgan fingerprint density at radius 3 is 2.34 bits per heavy atom. The highest BCUT2D eigenvalue weighted by atomic mass is 16.2. The van der Waals surface area contributed by atoms with Crippen molar-refractivity contribution in [1.29, 1.82) is 0 Å². The summed E-state index contributed by atoms with van der Waals surface area (Å²) in [5.41, 5.74) is 5.54. The van der Waals surface area contributed by atoms with Crippen LogP contribution < -0.4 is 10.6 Å². The van der Waals surface area contributed by atoms with Crippen molar-refractivity contribution in [2.45, 2.75) is 33.9 Å². The highest BCUT2D eigenvalue weighted by molar-refractivity contribution is 5.97. The predicted octanol–water partition coefficient (Wildman–Crippen LogP) is 2.90. The van der Waals surface area contributed by atoms with Gasteiger partial charge in [0.1, 0.15) is 0 Å². The fraction of sp³-hybridized carbons (Fsp3) is 0.261. The van der Waals surface area contributed by atoms with Gasteiger partial charge in [0.2, 0.25) is 5.91 Å². The molecule has 0 aliphatic heterocycles. The van der Waals surface area contributed by atoms with Gasteiger partial charge in [0.25, 0.3) is 5.91 Å². The lowest BCUT2D eigenvalue weighted by Crippen LogP contribution is -2.37. The van der Waals surface area contributed by atoms with E-state index >= 15 is 0 Å². The lowest BCUT2D eigenvalue weighted by Gasteiger charge is -2.09. The number of carbonyl (C=O) groups is 2. The summed E-state index contributed by atoms with van der Waals surface area (Å²) < 4.78 is 1.95. The molecule has 0 aliphatic carbocycles. The van der Waals surface area contributed by atoms with E-state index in [2.05, 4.69) is 27.9 Å². The third kappa shape index (κ3) is 5.10. The maximum absolute atomic E-state index is 12.2. The van der Waals surface area contributed by atoms with Gasteiger partial charge >= 0.3 is 0 Å². The molecule has 2 N–H and O–H groups in total. The average Bonchev–Trinajstić information content (AvgIpc) is 2.98. The highest BCUT2D eigenvalue weighted by Crippen LogP contribution is 2.14. The number of nitrogens with one attached hydrogen (secondary N) is 2. The first-order valence-corrected chi connectivity index (χ1v) is 9.63. The van der Waals surface area contributed by atoms with Crippen LogP contribution in [0.15, 0.2) is 54.6 Å².